The number of nitrogens with zero attached hydrogens (tertiary/aromatic N) is 2. The van der Waals surface area contributed by atoms with Crippen LogP contribution in [0.3, 0.4) is 0 Å². The molecule has 0 radical (unpaired) electrons. The molecule has 29 heavy (non-hydrogen) atoms. The SMILES string of the molecule is CCN1CC(C)(C)C(c2ccc3[nH]c(-c4cc(C)cc(C)c4)c(CCN)c3c2)=N1. The fraction of sp³-hybridized carbons (Fsp3) is 0.400. The molecule has 0 bridgehead atoms. The van der Waals surface area contributed by atoms with Gasteiger partial charge in [-0.05, 0) is 74.7 Å². The molecule has 4 heteroatoms. The van der Waals surface area contributed by atoms with Gasteiger partial charge in [0.05, 0.1) is 5.71 Å². The molecule has 0 unspecified atom stereocenters. The van der Waals surface area contributed by atoms with Gasteiger partial charge in [-0.3, -0.25) is 5.01 Å². The number of benzene rings is 2. The molecule has 3 N–H and O–H groups in total. The van der Waals surface area contributed by atoms with Gasteiger partial charge in [-0.1, -0.05) is 37.1 Å². The van der Waals surface area contributed by atoms with Gasteiger partial charge in [0.2, 0.25) is 0 Å². The minimum atomic E-state index is 0.0461. The van der Waals surface area contributed by atoms with Gasteiger partial charge in [-0.25, -0.2) is 0 Å². The van der Waals surface area contributed by atoms with Crippen molar-refractivity contribution < 1.29 is 0 Å². The summed E-state index contributed by atoms with van der Waals surface area (Å²) in [4.78, 5) is 3.67. The van der Waals surface area contributed by atoms with Crippen LogP contribution >= 0.6 is 0 Å². The molecule has 4 nitrogen and oxygen atoms in total. The number of rotatable bonds is 5. The number of aromatic amines is 1. The van der Waals surface area contributed by atoms with Crippen LogP contribution < -0.4 is 5.73 Å². The molecule has 0 atom stereocenters. The zero-order chi connectivity index (χ0) is 20.8. The predicted molar refractivity (Wildman–Crippen MR) is 124 cm³/mol. The lowest BCUT2D eigenvalue weighted by atomic mass is 9.84. The normalized spacial score (nSPS) is 15.9. The maximum Gasteiger partial charge on any atom is 0.0752 e. The van der Waals surface area contributed by atoms with Crippen LogP contribution in [0.2, 0.25) is 0 Å². The number of hydrogen-bond donors (Lipinski definition) is 2. The van der Waals surface area contributed by atoms with Crippen LogP contribution in [-0.2, 0) is 6.42 Å². The van der Waals surface area contributed by atoms with Crippen molar-refractivity contribution >= 4 is 16.6 Å². The topological polar surface area (TPSA) is 57.4 Å². The van der Waals surface area contributed by atoms with Gasteiger partial charge in [-0.15, -0.1) is 0 Å². The third kappa shape index (κ3) is 3.58. The number of aromatic nitrogens is 1. The van der Waals surface area contributed by atoms with Crippen molar-refractivity contribution in [2.24, 2.45) is 16.3 Å². The number of aryl methyl sites for hydroxylation is 2. The van der Waals surface area contributed by atoms with E-state index in [0.717, 1.165) is 25.0 Å². The Kier molecular flexibility index (Phi) is 4.99. The summed E-state index contributed by atoms with van der Waals surface area (Å²) in [5.74, 6) is 0. The van der Waals surface area contributed by atoms with Crippen molar-refractivity contribution in [1.29, 1.82) is 0 Å². The van der Waals surface area contributed by atoms with Crippen molar-refractivity contribution in [3.05, 3.63) is 58.7 Å². The Hall–Kier alpha value is -2.59. The lowest BCUT2D eigenvalue weighted by Gasteiger charge is -2.20. The Labute approximate surface area is 173 Å². The van der Waals surface area contributed by atoms with Gasteiger partial charge in [0.25, 0.3) is 0 Å². The van der Waals surface area contributed by atoms with Crippen molar-refractivity contribution in [2.45, 2.75) is 41.0 Å². The third-order valence-corrected chi connectivity index (χ3v) is 5.91. The molecule has 1 aromatic heterocycles. The van der Waals surface area contributed by atoms with E-state index in [1.165, 1.54) is 44.6 Å². The highest BCUT2D eigenvalue weighted by Crippen LogP contribution is 2.35. The first-order chi connectivity index (χ1) is 13.8. The monoisotopic (exact) mass is 388 g/mol. The number of hydrogen-bond acceptors (Lipinski definition) is 3. The minimum absolute atomic E-state index is 0.0461. The Bertz CT molecular complexity index is 1070. The van der Waals surface area contributed by atoms with Gasteiger partial charge in [-0.2, -0.15) is 5.10 Å². The Balaban J connectivity index is 1.88. The standard InChI is InChI=1S/C25H32N4/c1-6-29-15-25(4,5)24(28-29)18-7-8-22-21(14-18)20(9-10-26)23(27-22)19-12-16(2)11-17(3)13-19/h7-8,11-14,27H,6,9-10,15,26H2,1-5H3. The molecule has 1 aliphatic heterocycles. The quantitative estimate of drug-likeness (QED) is 0.645. The van der Waals surface area contributed by atoms with Crippen molar-refractivity contribution in [3.63, 3.8) is 0 Å². The zero-order valence-electron chi connectivity index (χ0n) is 18.3. The second kappa shape index (κ2) is 7.34. The van der Waals surface area contributed by atoms with Gasteiger partial charge in [0.1, 0.15) is 0 Å². The van der Waals surface area contributed by atoms with E-state index in [2.05, 4.69) is 81.0 Å². The lowest BCUT2D eigenvalue weighted by molar-refractivity contribution is 0.279. The van der Waals surface area contributed by atoms with Gasteiger partial charge in [0, 0.05) is 35.1 Å². The van der Waals surface area contributed by atoms with Crippen LogP contribution in [0.1, 0.15) is 43.0 Å². The van der Waals surface area contributed by atoms with Gasteiger partial charge >= 0.3 is 0 Å². The highest BCUT2D eigenvalue weighted by Gasteiger charge is 2.34. The van der Waals surface area contributed by atoms with E-state index in [4.69, 9.17) is 10.8 Å². The average Bonchev–Trinajstić information content (AvgIpc) is 3.17. The largest absolute Gasteiger partial charge is 0.354 e. The summed E-state index contributed by atoms with van der Waals surface area (Å²) in [6.07, 6.45) is 0.850. The molecule has 152 valence electrons. The van der Waals surface area contributed by atoms with Crippen molar-refractivity contribution in [3.8, 4) is 11.3 Å². The second-order valence-corrected chi connectivity index (χ2v) is 8.97. The number of nitrogens with one attached hydrogen (secondary N) is 1. The Morgan fingerprint density at radius 3 is 2.41 bits per heavy atom. The van der Waals surface area contributed by atoms with Crippen molar-refractivity contribution in [2.75, 3.05) is 19.6 Å². The summed E-state index contributed by atoms with van der Waals surface area (Å²) in [7, 11) is 0. The first-order valence-corrected chi connectivity index (χ1v) is 10.6. The molecule has 0 fully saturated rings. The Morgan fingerprint density at radius 1 is 1.07 bits per heavy atom. The van der Waals surface area contributed by atoms with Crippen LogP contribution in [0.25, 0.3) is 22.2 Å². The fourth-order valence-electron chi connectivity index (χ4n) is 4.64. The zero-order valence-corrected chi connectivity index (χ0v) is 18.3. The van der Waals surface area contributed by atoms with E-state index in [1.807, 2.05) is 0 Å². The summed E-state index contributed by atoms with van der Waals surface area (Å²) in [6, 6.07) is 13.4. The van der Waals surface area contributed by atoms with Crippen LogP contribution in [0, 0.1) is 19.3 Å². The van der Waals surface area contributed by atoms with E-state index < -0.39 is 0 Å². The van der Waals surface area contributed by atoms with Crippen LogP contribution in [0.5, 0.6) is 0 Å². The molecule has 0 amide bonds. The smallest absolute Gasteiger partial charge is 0.0752 e. The summed E-state index contributed by atoms with van der Waals surface area (Å²) < 4.78 is 0. The molecule has 1 aliphatic rings. The maximum absolute atomic E-state index is 6.01. The number of nitrogens with two attached hydrogens (primary N) is 1. The second-order valence-electron chi connectivity index (χ2n) is 8.97. The van der Waals surface area contributed by atoms with Crippen molar-refractivity contribution in [1.82, 2.24) is 9.99 Å². The number of H-pyrrole nitrogens is 1. The highest BCUT2D eigenvalue weighted by molar-refractivity contribution is 6.08. The van der Waals surface area contributed by atoms with Gasteiger partial charge in [0.15, 0.2) is 0 Å². The van der Waals surface area contributed by atoms with E-state index in [9.17, 15) is 0 Å². The molecule has 0 saturated heterocycles. The fourth-order valence-corrected chi connectivity index (χ4v) is 4.64. The maximum atomic E-state index is 6.01. The van der Waals surface area contributed by atoms with Crippen LogP contribution in [0.15, 0.2) is 41.5 Å². The molecular weight excluding hydrogens is 356 g/mol. The van der Waals surface area contributed by atoms with Crippen LogP contribution in [0.4, 0.5) is 0 Å². The lowest BCUT2D eigenvalue weighted by Crippen LogP contribution is -2.28. The van der Waals surface area contributed by atoms with E-state index >= 15 is 0 Å². The van der Waals surface area contributed by atoms with E-state index in [0.29, 0.717) is 6.54 Å². The molecule has 0 spiro atoms. The number of fused-ring (bicyclic) bond motifs is 1. The number of hydrazone groups is 1. The highest BCUT2D eigenvalue weighted by atomic mass is 15.5. The van der Waals surface area contributed by atoms with Gasteiger partial charge < -0.3 is 10.7 Å². The predicted octanol–water partition coefficient (Wildman–Crippen LogP) is 5.02. The molecule has 0 saturated carbocycles. The minimum Gasteiger partial charge on any atom is -0.354 e. The van der Waals surface area contributed by atoms with E-state index in [-0.39, 0.29) is 5.41 Å². The molecule has 2 heterocycles. The first kappa shape index (κ1) is 19.7. The summed E-state index contributed by atoms with van der Waals surface area (Å²) in [6.45, 7) is 13.6. The summed E-state index contributed by atoms with van der Waals surface area (Å²) >= 11 is 0. The average molecular weight is 389 g/mol. The molecular formula is C25H32N4. The summed E-state index contributed by atoms with van der Waals surface area (Å²) in [5, 5.41) is 8.34. The molecule has 2 aromatic carbocycles. The Morgan fingerprint density at radius 2 is 1.79 bits per heavy atom. The summed E-state index contributed by atoms with van der Waals surface area (Å²) in [5.41, 5.74) is 15.9. The van der Waals surface area contributed by atoms with E-state index in [1.54, 1.807) is 0 Å². The third-order valence-electron chi connectivity index (χ3n) is 5.91. The first-order valence-electron chi connectivity index (χ1n) is 10.6. The molecule has 3 aromatic rings. The molecule has 0 aliphatic carbocycles. The molecule has 4 rings (SSSR count). The van der Waals surface area contributed by atoms with Crippen LogP contribution in [-0.4, -0.2) is 35.3 Å².